The van der Waals surface area contributed by atoms with Crippen molar-refractivity contribution in [3.05, 3.63) is 21.7 Å². The van der Waals surface area contributed by atoms with Gasteiger partial charge in [-0.3, -0.25) is 0 Å². The van der Waals surface area contributed by atoms with E-state index in [1.807, 2.05) is 13.8 Å². The Morgan fingerprint density at radius 1 is 1.33 bits per heavy atom. The molecule has 1 atom stereocenters. The maximum atomic E-state index is 12.1. The summed E-state index contributed by atoms with van der Waals surface area (Å²) in [5.74, 6) is -0.618. The largest absolute Gasteiger partial charge is 0.504 e. The van der Waals surface area contributed by atoms with Crippen LogP contribution >= 0.6 is 23.2 Å². The van der Waals surface area contributed by atoms with E-state index in [2.05, 4.69) is 10.6 Å². The van der Waals surface area contributed by atoms with Gasteiger partial charge in [-0.25, -0.2) is 9.59 Å². The molecule has 0 fully saturated rings. The standard InChI is InChI=1S/C16H22Cl2N2O4/c1-5-24-15(22)12(6-8(2)3)20-16(23)19-11-7-10(17)9(4)13(18)14(11)21/h7-8,12,21H,5-6H2,1-4H3,(H2,19,20,23)/t12-/m0/s1. The van der Waals surface area contributed by atoms with E-state index in [0.717, 1.165) is 0 Å². The summed E-state index contributed by atoms with van der Waals surface area (Å²) in [7, 11) is 0. The lowest BCUT2D eigenvalue weighted by atomic mass is 10.0. The van der Waals surface area contributed by atoms with Crippen LogP contribution in [0.15, 0.2) is 6.07 Å². The first-order chi connectivity index (χ1) is 11.2. The van der Waals surface area contributed by atoms with Crippen molar-refractivity contribution in [3.8, 4) is 5.75 Å². The maximum Gasteiger partial charge on any atom is 0.328 e. The summed E-state index contributed by atoms with van der Waals surface area (Å²) in [5.41, 5.74) is 0.561. The van der Waals surface area contributed by atoms with Crippen LogP contribution in [-0.2, 0) is 9.53 Å². The van der Waals surface area contributed by atoms with Crippen LogP contribution in [0.1, 0.15) is 32.8 Å². The van der Waals surface area contributed by atoms with Gasteiger partial charge in [-0.2, -0.15) is 0 Å². The molecule has 0 unspecified atom stereocenters. The van der Waals surface area contributed by atoms with Gasteiger partial charge in [0.05, 0.1) is 17.3 Å². The minimum Gasteiger partial charge on any atom is -0.504 e. The van der Waals surface area contributed by atoms with Crippen molar-refractivity contribution < 1.29 is 19.4 Å². The van der Waals surface area contributed by atoms with Crippen LogP contribution in [0.25, 0.3) is 0 Å². The molecule has 0 heterocycles. The highest BCUT2D eigenvalue weighted by Crippen LogP contribution is 2.38. The zero-order chi connectivity index (χ0) is 18.4. The highest BCUT2D eigenvalue weighted by Gasteiger charge is 2.24. The van der Waals surface area contributed by atoms with Gasteiger partial charge in [0.25, 0.3) is 0 Å². The van der Waals surface area contributed by atoms with E-state index in [9.17, 15) is 14.7 Å². The first kappa shape index (κ1) is 20.4. The summed E-state index contributed by atoms with van der Waals surface area (Å²) in [6.07, 6.45) is 0.424. The van der Waals surface area contributed by atoms with Gasteiger partial charge in [0.2, 0.25) is 0 Å². The number of hydrogen-bond donors (Lipinski definition) is 3. The lowest BCUT2D eigenvalue weighted by Crippen LogP contribution is -2.44. The normalized spacial score (nSPS) is 12.0. The van der Waals surface area contributed by atoms with Crippen molar-refractivity contribution in [2.75, 3.05) is 11.9 Å². The second kappa shape index (κ2) is 8.99. The van der Waals surface area contributed by atoms with Gasteiger partial charge in [-0.15, -0.1) is 0 Å². The number of phenolic OH excluding ortho intramolecular Hbond substituents is 1. The van der Waals surface area contributed by atoms with Crippen LogP contribution in [0, 0.1) is 12.8 Å². The van der Waals surface area contributed by atoms with Crippen molar-refractivity contribution in [2.45, 2.75) is 40.2 Å². The molecule has 0 radical (unpaired) electrons. The average molecular weight is 377 g/mol. The van der Waals surface area contributed by atoms with Crippen molar-refractivity contribution in [2.24, 2.45) is 5.92 Å². The minimum absolute atomic E-state index is 0.0558. The molecule has 0 spiro atoms. The monoisotopic (exact) mass is 376 g/mol. The van der Waals surface area contributed by atoms with Gasteiger partial charge in [-0.1, -0.05) is 37.0 Å². The summed E-state index contributed by atoms with van der Waals surface area (Å²) in [6.45, 7) is 7.42. The van der Waals surface area contributed by atoms with E-state index in [1.165, 1.54) is 6.07 Å². The second-order valence-corrected chi connectivity index (χ2v) is 6.51. The topological polar surface area (TPSA) is 87.7 Å². The predicted octanol–water partition coefficient (Wildman–Crippen LogP) is 4.11. The average Bonchev–Trinajstić information content (AvgIpc) is 2.49. The van der Waals surface area contributed by atoms with Crippen LogP contribution in [0.2, 0.25) is 10.0 Å². The van der Waals surface area contributed by atoms with E-state index in [-0.39, 0.29) is 29.0 Å². The van der Waals surface area contributed by atoms with Crippen molar-refractivity contribution in [3.63, 3.8) is 0 Å². The SMILES string of the molecule is CCOC(=O)[C@H](CC(C)C)NC(=O)Nc1cc(Cl)c(C)c(Cl)c1O. The number of ether oxygens (including phenoxy) is 1. The third-order valence-corrected chi connectivity index (χ3v) is 4.11. The highest BCUT2D eigenvalue weighted by molar-refractivity contribution is 6.37. The number of carbonyl (C=O) groups is 2. The Morgan fingerprint density at radius 3 is 2.50 bits per heavy atom. The fourth-order valence-electron chi connectivity index (χ4n) is 2.04. The first-order valence-electron chi connectivity index (χ1n) is 7.59. The minimum atomic E-state index is -0.788. The van der Waals surface area contributed by atoms with E-state index in [1.54, 1.807) is 13.8 Å². The number of phenols is 1. The Labute approximate surface area is 151 Å². The third-order valence-electron chi connectivity index (χ3n) is 3.25. The molecule has 1 rings (SSSR count). The maximum absolute atomic E-state index is 12.1. The predicted molar refractivity (Wildman–Crippen MR) is 94.9 cm³/mol. The zero-order valence-corrected chi connectivity index (χ0v) is 15.6. The molecular formula is C16H22Cl2N2O4. The molecule has 1 aromatic rings. The van der Waals surface area contributed by atoms with Gasteiger partial charge in [-0.05, 0) is 37.8 Å². The highest BCUT2D eigenvalue weighted by atomic mass is 35.5. The van der Waals surface area contributed by atoms with Crippen molar-refractivity contribution >= 4 is 40.9 Å². The van der Waals surface area contributed by atoms with Crippen molar-refractivity contribution in [1.29, 1.82) is 0 Å². The van der Waals surface area contributed by atoms with Crippen LogP contribution in [0.4, 0.5) is 10.5 Å². The van der Waals surface area contributed by atoms with Gasteiger partial charge in [0.1, 0.15) is 6.04 Å². The molecule has 0 aliphatic carbocycles. The summed E-state index contributed by atoms with van der Waals surface area (Å²) in [6, 6.07) is -0.0667. The molecule has 6 nitrogen and oxygen atoms in total. The van der Waals surface area contributed by atoms with Crippen LogP contribution < -0.4 is 10.6 Å². The fraction of sp³-hybridized carbons (Fsp3) is 0.500. The molecule has 134 valence electrons. The molecule has 0 saturated carbocycles. The van der Waals surface area contributed by atoms with E-state index in [4.69, 9.17) is 27.9 Å². The lowest BCUT2D eigenvalue weighted by molar-refractivity contribution is -0.145. The molecule has 24 heavy (non-hydrogen) atoms. The number of amides is 2. The molecular weight excluding hydrogens is 355 g/mol. The molecule has 0 saturated heterocycles. The molecule has 0 bridgehead atoms. The smallest absolute Gasteiger partial charge is 0.328 e. The number of hydrogen-bond acceptors (Lipinski definition) is 4. The molecule has 3 N–H and O–H groups in total. The molecule has 2 amide bonds. The van der Waals surface area contributed by atoms with E-state index >= 15 is 0 Å². The summed E-state index contributed by atoms with van der Waals surface area (Å²) < 4.78 is 4.96. The second-order valence-electron chi connectivity index (χ2n) is 5.73. The Kier molecular flexibility index (Phi) is 7.63. The van der Waals surface area contributed by atoms with Crippen LogP contribution in [0.5, 0.6) is 5.75 Å². The first-order valence-corrected chi connectivity index (χ1v) is 8.34. The molecule has 0 aliphatic rings. The number of aromatic hydroxyl groups is 1. The quantitative estimate of drug-likeness (QED) is 0.514. The Balaban J connectivity index is 2.88. The number of halogens is 2. The number of esters is 1. The molecule has 0 aliphatic heterocycles. The zero-order valence-electron chi connectivity index (χ0n) is 14.1. The van der Waals surface area contributed by atoms with Gasteiger partial charge >= 0.3 is 12.0 Å². The van der Waals surface area contributed by atoms with Crippen LogP contribution in [-0.4, -0.2) is 29.8 Å². The number of rotatable bonds is 6. The molecule has 1 aromatic carbocycles. The summed E-state index contributed by atoms with van der Waals surface area (Å²) in [4.78, 5) is 24.1. The Morgan fingerprint density at radius 2 is 1.96 bits per heavy atom. The third kappa shape index (κ3) is 5.46. The summed E-state index contributed by atoms with van der Waals surface area (Å²) >= 11 is 12.0. The van der Waals surface area contributed by atoms with E-state index in [0.29, 0.717) is 17.0 Å². The number of benzene rings is 1. The van der Waals surface area contributed by atoms with Gasteiger partial charge in [0, 0.05) is 5.02 Å². The molecule has 0 aromatic heterocycles. The lowest BCUT2D eigenvalue weighted by Gasteiger charge is -2.20. The summed E-state index contributed by atoms with van der Waals surface area (Å²) in [5, 5.41) is 15.3. The number of carbonyl (C=O) groups excluding carboxylic acids is 2. The Bertz CT molecular complexity index is 621. The van der Waals surface area contributed by atoms with Crippen molar-refractivity contribution in [1.82, 2.24) is 5.32 Å². The number of anilines is 1. The number of urea groups is 1. The van der Waals surface area contributed by atoms with Crippen LogP contribution in [0.3, 0.4) is 0 Å². The van der Waals surface area contributed by atoms with Gasteiger partial charge in [0.15, 0.2) is 5.75 Å². The molecule has 8 heteroatoms. The fourth-order valence-corrected chi connectivity index (χ4v) is 2.50. The number of nitrogens with one attached hydrogen (secondary N) is 2. The van der Waals surface area contributed by atoms with E-state index < -0.39 is 18.0 Å². The van der Waals surface area contributed by atoms with Gasteiger partial charge < -0.3 is 20.5 Å². The Hall–Kier alpha value is -1.66.